The molecule has 0 unspecified atom stereocenters. The third-order valence-corrected chi connectivity index (χ3v) is 1.57. The van der Waals surface area contributed by atoms with Crippen molar-refractivity contribution in [2.75, 3.05) is 0 Å². The molecule has 0 fully saturated rings. The Kier molecular flexibility index (Phi) is 12.6. The second-order valence-electron chi connectivity index (χ2n) is 3.30. The zero-order chi connectivity index (χ0) is 15.8. The molecule has 0 rings (SSSR count). The first kappa shape index (κ1) is 23.8. The first-order chi connectivity index (χ1) is 8.42. The van der Waals surface area contributed by atoms with Crippen molar-refractivity contribution in [1.29, 1.82) is 0 Å². The molecule has 0 saturated heterocycles. The van der Waals surface area contributed by atoms with E-state index in [0.29, 0.717) is 0 Å². The summed E-state index contributed by atoms with van der Waals surface area (Å²) in [6, 6.07) is 0. The molecule has 0 aromatic carbocycles. The monoisotopic (exact) mass is 318 g/mol. The topological polar surface area (TPSA) is 192 Å². The van der Waals surface area contributed by atoms with Gasteiger partial charge in [0.2, 0.25) is 5.78 Å². The Hall–Kier alpha value is -1.23. The number of rotatable bonds is 6. The smallest absolute Gasteiger partial charge is 0.550 e. The zero-order valence-electron chi connectivity index (χ0n) is 10.3. The van der Waals surface area contributed by atoms with Crippen molar-refractivity contribution in [1.82, 2.24) is 0 Å². The average Bonchev–Trinajstić information content (AvgIpc) is 2.14. The molecule has 3 N–H and O–H groups in total. The van der Waals surface area contributed by atoms with Gasteiger partial charge in [0.1, 0.15) is 0 Å². The van der Waals surface area contributed by atoms with E-state index in [1.807, 2.05) is 0 Å². The van der Waals surface area contributed by atoms with Gasteiger partial charge in [0.15, 0.2) is 5.60 Å². The number of aliphatic carboxylic acids is 4. The molecular weight excluding hydrogens is 308 g/mol. The average molecular weight is 318 g/mol. The van der Waals surface area contributed by atoms with Gasteiger partial charge in [-0.15, -0.1) is 0 Å². The molecule has 20 heavy (non-hydrogen) atoms. The molecule has 0 amide bonds. The number of hydrogen-bond donors (Lipinski definition) is 3. The van der Waals surface area contributed by atoms with Crippen molar-refractivity contribution in [2.45, 2.75) is 25.4 Å². The first-order valence-electron chi connectivity index (χ1n) is 4.51. The van der Waals surface area contributed by atoms with Crippen molar-refractivity contribution in [3.8, 4) is 0 Å². The van der Waals surface area contributed by atoms with Crippen LogP contribution in [0.2, 0.25) is 0 Å². The summed E-state index contributed by atoms with van der Waals surface area (Å²) in [5, 5.41) is 44.8. The summed E-state index contributed by atoms with van der Waals surface area (Å²) in [5.41, 5.74) is -2.86. The van der Waals surface area contributed by atoms with Gasteiger partial charge in [0.05, 0.1) is 0 Å². The van der Waals surface area contributed by atoms with Gasteiger partial charge in [0, 0.05) is 31.7 Å². The molecule has 10 nitrogen and oxygen atoms in total. The van der Waals surface area contributed by atoms with Gasteiger partial charge in [-0.1, -0.05) is 0 Å². The van der Waals surface area contributed by atoms with Crippen molar-refractivity contribution in [3.63, 3.8) is 0 Å². The number of hydrogen-bond acceptors (Lipinski definition) is 8. The molecule has 11 heteroatoms. The molecule has 0 aliphatic heterocycles. The van der Waals surface area contributed by atoms with Gasteiger partial charge >= 0.3 is 49.7 Å². The summed E-state index contributed by atoms with van der Waals surface area (Å²) >= 11 is 0. The maximum Gasteiger partial charge on any atom is 2.00 e. The van der Waals surface area contributed by atoms with Crippen LogP contribution in [0.3, 0.4) is 0 Å². The van der Waals surface area contributed by atoms with Crippen molar-refractivity contribution in [2.24, 2.45) is 0 Å². The van der Waals surface area contributed by atoms with E-state index in [1.165, 1.54) is 0 Å². The van der Waals surface area contributed by atoms with Crippen LogP contribution < -0.4 is 10.2 Å². The van der Waals surface area contributed by atoms with E-state index >= 15 is 0 Å². The second-order valence-corrected chi connectivity index (χ2v) is 3.30. The molecular formula is C9H10CaO10. The molecule has 0 bridgehead atoms. The fraction of sp³-hybridized carbons (Fsp3) is 0.444. The summed E-state index contributed by atoms with van der Waals surface area (Å²) in [6.45, 7) is 1.00. The van der Waals surface area contributed by atoms with E-state index in [4.69, 9.17) is 15.3 Å². The maximum atomic E-state index is 10.3. The maximum absolute atomic E-state index is 10.3. The van der Waals surface area contributed by atoms with Gasteiger partial charge in [-0.25, -0.2) is 9.59 Å². The van der Waals surface area contributed by atoms with Crippen LogP contribution in [0.1, 0.15) is 19.8 Å². The summed E-state index contributed by atoms with van der Waals surface area (Å²) in [7, 11) is 0. The number of carbonyl (C=O) groups is 5. The largest absolute Gasteiger partial charge is 2.00 e. The van der Waals surface area contributed by atoms with E-state index in [9.17, 15) is 34.2 Å². The third kappa shape index (κ3) is 11.8. The third-order valence-electron chi connectivity index (χ3n) is 1.57. The Bertz CT molecular complexity index is 374. The van der Waals surface area contributed by atoms with Crippen LogP contribution in [0, 0.1) is 0 Å². The van der Waals surface area contributed by atoms with E-state index in [2.05, 4.69) is 0 Å². The van der Waals surface area contributed by atoms with E-state index < -0.39 is 48.1 Å². The van der Waals surface area contributed by atoms with Gasteiger partial charge < -0.3 is 35.1 Å². The van der Waals surface area contributed by atoms with Gasteiger partial charge in [-0.3, -0.25) is 4.79 Å². The molecule has 0 aromatic heterocycles. The van der Waals surface area contributed by atoms with Crippen molar-refractivity contribution < 1.29 is 49.5 Å². The molecule has 0 aromatic rings. The molecule has 0 spiro atoms. The Morgan fingerprint density at radius 1 is 0.950 bits per heavy atom. The van der Waals surface area contributed by atoms with E-state index in [1.54, 1.807) is 0 Å². The number of Topliss-reactive ketones (excluding diaryl/α,β-unsaturated/α-hetero) is 1. The summed E-state index contributed by atoms with van der Waals surface area (Å²) in [4.78, 5) is 49.1. The summed E-state index contributed by atoms with van der Waals surface area (Å²) < 4.78 is 0. The number of carboxylic acid groups (broad SMARTS) is 4. The Balaban J connectivity index is -0.000000352. The van der Waals surface area contributed by atoms with Crippen LogP contribution in [-0.2, 0) is 24.0 Å². The second kappa shape index (κ2) is 10.5. The minimum absolute atomic E-state index is 0. The molecule has 0 heterocycles. The first-order valence-corrected chi connectivity index (χ1v) is 4.51. The Labute approximate surface area is 142 Å². The van der Waals surface area contributed by atoms with E-state index in [0.717, 1.165) is 6.92 Å². The Morgan fingerprint density at radius 3 is 1.30 bits per heavy atom. The minimum atomic E-state index is -2.86. The zero-order valence-corrected chi connectivity index (χ0v) is 12.5. The van der Waals surface area contributed by atoms with Crippen molar-refractivity contribution in [3.05, 3.63) is 0 Å². The van der Waals surface area contributed by atoms with Crippen LogP contribution in [0.4, 0.5) is 0 Å². The summed E-state index contributed by atoms with van der Waals surface area (Å²) in [5.74, 6) is -7.86. The Morgan fingerprint density at radius 2 is 1.20 bits per heavy atom. The van der Waals surface area contributed by atoms with Crippen molar-refractivity contribution >= 4 is 67.4 Å². The fourth-order valence-electron chi connectivity index (χ4n) is 0.691. The number of ketones is 1. The van der Waals surface area contributed by atoms with Crippen LogP contribution in [0.5, 0.6) is 0 Å². The number of carboxylic acids is 4. The predicted octanol–water partition coefficient (Wildman–Crippen LogP) is -4.64. The number of aliphatic hydroxyl groups is 1. The van der Waals surface area contributed by atoms with Crippen LogP contribution >= 0.6 is 0 Å². The predicted molar refractivity (Wildman–Crippen MR) is 55.9 cm³/mol. The molecule has 108 valence electrons. The minimum Gasteiger partial charge on any atom is -0.550 e. The number of carbonyl (C=O) groups excluding carboxylic acids is 3. The standard InChI is InChI=1S/C6H8O7.C3H4O3.Ca/c7-3(8)1-6(13,5(11)12)2-4(9)10;1-2(4)3(5)6;/h13H,1-2H2,(H,7,8)(H,9,10)(H,11,12);1H3,(H,5,6);/q;;+2/p-2. The molecule has 0 aliphatic carbocycles. The van der Waals surface area contributed by atoms with Crippen LogP contribution in [0.15, 0.2) is 0 Å². The molecule has 0 aliphatic rings. The molecule has 0 atom stereocenters. The van der Waals surface area contributed by atoms with Gasteiger partial charge in [0.25, 0.3) is 0 Å². The van der Waals surface area contributed by atoms with Crippen LogP contribution in [0.25, 0.3) is 0 Å². The SMILES string of the molecule is CC(=O)C(=O)O.O=C([O-])CC(O)(CC(=O)[O-])C(=O)O.[Ca+2]. The normalized spacial score (nSPS) is 9.30. The van der Waals surface area contributed by atoms with E-state index in [-0.39, 0.29) is 37.7 Å². The quantitative estimate of drug-likeness (QED) is 0.317. The molecule has 0 saturated carbocycles. The molecule has 0 radical (unpaired) electrons. The van der Waals surface area contributed by atoms with Gasteiger partial charge in [-0.05, 0) is 0 Å². The van der Waals surface area contributed by atoms with Crippen LogP contribution in [-0.4, -0.2) is 88.3 Å². The fourth-order valence-corrected chi connectivity index (χ4v) is 0.691. The van der Waals surface area contributed by atoms with Gasteiger partial charge in [-0.2, -0.15) is 0 Å². The summed E-state index contributed by atoms with van der Waals surface area (Å²) in [6.07, 6.45) is -2.59.